The summed E-state index contributed by atoms with van der Waals surface area (Å²) in [5.74, 6) is 0.596. The smallest absolute Gasteiger partial charge is 0.303 e. The first-order valence-corrected chi connectivity index (χ1v) is 5.53. The molecule has 1 unspecified atom stereocenters. The van der Waals surface area contributed by atoms with Crippen LogP contribution in [0.25, 0.3) is 0 Å². The fraction of sp³-hybridized carbons (Fsp3) is 0.909. The molecule has 0 aromatic heterocycles. The van der Waals surface area contributed by atoms with Gasteiger partial charge in [-0.15, -0.1) is 0 Å². The summed E-state index contributed by atoms with van der Waals surface area (Å²) in [6, 6.07) is 0. The van der Waals surface area contributed by atoms with Crippen LogP contribution >= 0.6 is 0 Å². The van der Waals surface area contributed by atoms with Crippen molar-refractivity contribution in [3.05, 3.63) is 0 Å². The molecule has 1 N–H and O–H groups in total. The fourth-order valence-electron chi connectivity index (χ4n) is 2.27. The molecule has 0 saturated carbocycles. The molecule has 3 nitrogen and oxygen atoms in total. The molecule has 3 heteroatoms. The van der Waals surface area contributed by atoms with E-state index in [9.17, 15) is 4.79 Å². The van der Waals surface area contributed by atoms with Crippen molar-refractivity contribution in [1.29, 1.82) is 0 Å². The van der Waals surface area contributed by atoms with Crippen LogP contribution in [-0.4, -0.2) is 24.3 Å². The van der Waals surface area contributed by atoms with E-state index in [1.54, 1.807) is 0 Å². The van der Waals surface area contributed by atoms with E-state index >= 15 is 0 Å². The number of hydrogen-bond acceptors (Lipinski definition) is 2. The van der Waals surface area contributed by atoms with Gasteiger partial charge in [0.15, 0.2) is 0 Å². The number of carbonyl (C=O) groups is 1. The van der Waals surface area contributed by atoms with Crippen LogP contribution in [-0.2, 0) is 9.53 Å². The van der Waals surface area contributed by atoms with Crippen molar-refractivity contribution in [2.45, 2.75) is 39.0 Å². The first-order chi connectivity index (χ1) is 6.74. The molecule has 0 aromatic carbocycles. The molecule has 0 aromatic rings. The lowest BCUT2D eigenvalue weighted by Gasteiger charge is -2.29. The number of aliphatic carboxylic acids is 1. The second-order valence-electron chi connectivity index (χ2n) is 4.05. The predicted octanol–water partition coefficient (Wildman–Crippen LogP) is 2.30. The van der Waals surface area contributed by atoms with Crippen molar-refractivity contribution in [2.75, 3.05) is 13.2 Å². The Hall–Kier alpha value is -0.570. The lowest BCUT2D eigenvalue weighted by molar-refractivity contribution is -0.137. The molecular weight excluding hydrogens is 180 g/mol. The van der Waals surface area contributed by atoms with Crippen molar-refractivity contribution >= 4 is 5.97 Å². The molecule has 14 heavy (non-hydrogen) atoms. The molecule has 1 aliphatic rings. The van der Waals surface area contributed by atoms with E-state index in [1.807, 2.05) is 0 Å². The third-order valence-corrected chi connectivity index (χ3v) is 3.19. The van der Waals surface area contributed by atoms with Gasteiger partial charge in [-0.05, 0) is 31.1 Å². The van der Waals surface area contributed by atoms with E-state index in [0.717, 1.165) is 38.9 Å². The molecule has 1 heterocycles. The van der Waals surface area contributed by atoms with Crippen molar-refractivity contribution in [2.24, 2.45) is 11.8 Å². The molecular formula is C11H20O3. The summed E-state index contributed by atoms with van der Waals surface area (Å²) in [7, 11) is 0. The minimum Gasteiger partial charge on any atom is -0.481 e. The Labute approximate surface area is 85.5 Å². The predicted molar refractivity (Wildman–Crippen MR) is 54.2 cm³/mol. The van der Waals surface area contributed by atoms with Crippen molar-refractivity contribution in [3.63, 3.8) is 0 Å². The molecule has 82 valence electrons. The second kappa shape index (κ2) is 6.02. The second-order valence-corrected chi connectivity index (χ2v) is 4.05. The maximum Gasteiger partial charge on any atom is 0.303 e. The Bertz CT molecular complexity index is 173. The van der Waals surface area contributed by atoms with E-state index in [4.69, 9.17) is 9.84 Å². The van der Waals surface area contributed by atoms with Gasteiger partial charge in [0.25, 0.3) is 0 Å². The highest BCUT2D eigenvalue weighted by molar-refractivity contribution is 5.66. The van der Waals surface area contributed by atoms with E-state index < -0.39 is 5.97 Å². The van der Waals surface area contributed by atoms with Gasteiger partial charge in [0, 0.05) is 19.6 Å². The Kier molecular flexibility index (Phi) is 4.94. The van der Waals surface area contributed by atoms with Crippen LogP contribution in [0, 0.1) is 11.8 Å². The zero-order chi connectivity index (χ0) is 10.4. The zero-order valence-corrected chi connectivity index (χ0v) is 8.87. The summed E-state index contributed by atoms with van der Waals surface area (Å²) in [5.41, 5.74) is 0. The minimum atomic E-state index is -0.671. The molecule has 0 spiro atoms. The minimum absolute atomic E-state index is 0.315. The average molecular weight is 200 g/mol. The highest BCUT2D eigenvalue weighted by atomic mass is 16.5. The fourth-order valence-corrected chi connectivity index (χ4v) is 2.27. The normalized spacial score (nSPS) is 20.6. The highest BCUT2D eigenvalue weighted by Crippen LogP contribution is 2.29. The van der Waals surface area contributed by atoms with E-state index in [-0.39, 0.29) is 0 Å². The molecule has 1 saturated heterocycles. The van der Waals surface area contributed by atoms with Crippen LogP contribution in [0.3, 0.4) is 0 Å². The Morgan fingerprint density at radius 1 is 1.50 bits per heavy atom. The van der Waals surface area contributed by atoms with Crippen molar-refractivity contribution < 1.29 is 14.6 Å². The van der Waals surface area contributed by atoms with E-state index in [0.29, 0.717) is 18.3 Å². The summed E-state index contributed by atoms with van der Waals surface area (Å²) in [6.45, 7) is 3.87. The van der Waals surface area contributed by atoms with Crippen LogP contribution in [0.1, 0.15) is 39.0 Å². The molecule has 1 aliphatic heterocycles. The lowest BCUT2D eigenvalue weighted by atomic mass is 9.81. The molecule has 0 bridgehead atoms. The molecule has 0 aliphatic carbocycles. The maximum atomic E-state index is 10.5. The van der Waals surface area contributed by atoms with Crippen LogP contribution < -0.4 is 0 Å². The van der Waals surface area contributed by atoms with E-state index in [1.165, 1.54) is 0 Å². The Balaban J connectivity index is 2.31. The summed E-state index contributed by atoms with van der Waals surface area (Å²) in [5, 5.41) is 8.63. The Morgan fingerprint density at radius 2 is 2.14 bits per heavy atom. The number of hydrogen-bond donors (Lipinski definition) is 1. The van der Waals surface area contributed by atoms with Crippen LogP contribution in [0.4, 0.5) is 0 Å². The molecule has 1 atom stereocenters. The van der Waals surface area contributed by atoms with Gasteiger partial charge in [0.2, 0.25) is 0 Å². The molecule has 1 fully saturated rings. The van der Waals surface area contributed by atoms with Crippen molar-refractivity contribution in [3.8, 4) is 0 Å². The zero-order valence-electron chi connectivity index (χ0n) is 8.87. The summed E-state index contributed by atoms with van der Waals surface area (Å²) in [4.78, 5) is 10.5. The van der Waals surface area contributed by atoms with Gasteiger partial charge < -0.3 is 9.84 Å². The SMILES string of the molecule is CCC(CCC(=O)O)C1CCOCC1. The maximum absolute atomic E-state index is 10.5. The lowest BCUT2D eigenvalue weighted by Crippen LogP contribution is -2.23. The third kappa shape index (κ3) is 3.66. The van der Waals surface area contributed by atoms with Gasteiger partial charge in [-0.2, -0.15) is 0 Å². The topological polar surface area (TPSA) is 46.5 Å². The first kappa shape index (κ1) is 11.5. The van der Waals surface area contributed by atoms with E-state index in [2.05, 4.69) is 6.92 Å². The summed E-state index contributed by atoms with van der Waals surface area (Å²) in [6.07, 6.45) is 4.46. The largest absolute Gasteiger partial charge is 0.481 e. The van der Waals surface area contributed by atoms with Crippen LogP contribution in [0.15, 0.2) is 0 Å². The molecule has 1 rings (SSSR count). The van der Waals surface area contributed by atoms with Gasteiger partial charge in [-0.25, -0.2) is 0 Å². The molecule has 0 amide bonds. The van der Waals surface area contributed by atoms with Gasteiger partial charge in [-0.1, -0.05) is 13.3 Å². The van der Waals surface area contributed by atoms with Gasteiger partial charge >= 0.3 is 5.97 Å². The average Bonchev–Trinajstić information content (AvgIpc) is 2.20. The van der Waals surface area contributed by atoms with Crippen LogP contribution in [0.5, 0.6) is 0 Å². The highest BCUT2D eigenvalue weighted by Gasteiger charge is 2.22. The van der Waals surface area contributed by atoms with Gasteiger partial charge in [0.05, 0.1) is 0 Å². The standard InChI is InChI=1S/C11H20O3/c1-2-9(3-4-11(12)13)10-5-7-14-8-6-10/h9-10H,2-8H2,1H3,(H,12,13). The Morgan fingerprint density at radius 3 is 2.64 bits per heavy atom. The monoisotopic (exact) mass is 200 g/mol. The van der Waals surface area contributed by atoms with Gasteiger partial charge in [0.1, 0.15) is 0 Å². The summed E-state index contributed by atoms with van der Waals surface area (Å²) >= 11 is 0. The quantitative estimate of drug-likeness (QED) is 0.740. The summed E-state index contributed by atoms with van der Waals surface area (Å²) < 4.78 is 5.30. The molecule has 0 radical (unpaired) electrons. The first-order valence-electron chi connectivity index (χ1n) is 5.53. The van der Waals surface area contributed by atoms with Crippen molar-refractivity contribution in [1.82, 2.24) is 0 Å². The number of carboxylic acid groups (broad SMARTS) is 1. The number of ether oxygens (including phenoxy) is 1. The number of rotatable bonds is 5. The van der Waals surface area contributed by atoms with Crippen LogP contribution in [0.2, 0.25) is 0 Å². The third-order valence-electron chi connectivity index (χ3n) is 3.19. The number of carboxylic acids is 1. The van der Waals surface area contributed by atoms with Gasteiger partial charge in [-0.3, -0.25) is 4.79 Å².